The molecule has 2 aromatic carbocycles. The SMILES string of the molecule is COCCCN1CC2N(C(=O)CN(C)N2C(=O)NCc2ccccc2)[C@@H](c2ccccc2)C1=O. The molecule has 2 aliphatic heterocycles. The molecule has 0 spiro atoms. The second kappa shape index (κ2) is 10.7. The third-order valence-electron chi connectivity index (χ3n) is 6.22. The first-order valence-electron chi connectivity index (χ1n) is 11.5. The Labute approximate surface area is 199 Å². The van der Waals surface area contributed by atoms with Crippen molar-refractivity contribution in [2.45, 2.75) is 25.2 Å². The van der Waals surface area contributed by atoms with Crippen LogP contribution < -0.4 is 5.32 Å². The number of nitrogens with zero attached hydrogens (tertiary/aromatic N) is 4. The van der Waals surface area contributed by atoms with Crippen LogP contribution in [0.25, 0.3) is 0 Å². The fourth-order valence-corrected chi connectivity index (χ4v) is 4.61. The number of fused-ring (bicyclic) bond motifs is 1. The van der Waals surface area contributed by atoms with Gasteiger partial charge in [0.25, 0.3) is 0 Å². The van der Waals surface area contributed by atoms with Gasteiger partial charge in [0.15, 0.2) is 0 Å². The second-order valence-corrected chi connectivity index (χ2v) is 8.53. The van der Waals surface area contributed by atoms with Gasteiger partial charge in [-0.15, -0.1) is 0 Å². The first kappa shape index (κ1) is 23.7. The molecule has 180 valence electrons. The normalized spacial score (nSPS) is 20.9. The number of hydrogen-bond acceptors (Lipinski definition) is 5. The molecule has 2 saturated heterocycles. The maximum Gasteiger partial charge on any atom is 0.334 e. The minimum atomic E-state index is -0.784. The lowest BCUT2D eigenvalue weighted by Crippen LogP contribution is -2.73. The number of rotatable bonds is 7. The quantitative estimate of drug-likeness (QED) is 0.631. The number of hydrazine groups is 1. The molecular weight excluding hydrogens is 434 g/mol. The van der Waals surface area contributed by atoms with E-state index in [0.29, 0.717) is 26.1 Å². The van der Waals surface area contributed by atoms with Gasteiger partial charge in [0.1, 0.15) is 12.2 Å². The third kappa shape index (κ3) is 4.90. The maximum atomic E-state index is 13.5. The number of benzene rings is 2. The Balaban J connectivity index is 1.63. The molecule has 0 bridgehead atoms. The molecule has 9 heteroatoms. The summed E-state index contributed by atoms with van der Waals surface area (Å²) in [6.45, 7) is 1.62. The lowest BCUT2D eigenvalue weighted by molar-refractivity contribution is -0.187. The van der Waals surface area contributed by atoms with Crippen molar-refractivity contribution in [3.05, 3.63) is 71.8 Å². The molecule has 34 heavy (non-hydrogen) atoms. The Hall–Kier alpha value is -3.43. The number of amides is 4. The summed E-state index contributed by atoms with van der Waals surface area (Å²) in [7, 11) is 3.35. The first-order chi connectivity index (χ1) is 16.5. The van der Waals surface area contributed by atoms with Gasteiger partial charge in [0.05, 0.1) is 13.1 Å². The van der Waals surface area contributed by atoms with Crippen LogP contribution in [0.4, 0.5) is 4.79 Å². The van der Waals surface area contributed by atoms with Crippen LogP contribution >= 0.6 is 0 Å². The van der Waals surface area contributed by atoms with Gasteiger partial charge in [-0.05, 0) is 17.5 Å². The van der Waals surface area contributed by atoms with E-state index in [9.17, 15) is 14.4 Å². The Morgan fingerprint density at radius 2 is 1.74 bits per heavy atom. The van der Waals surface area contributed by atoms with Crippen molar-refractivity contribution in [1.82, 2.24) is 25.1 Å². The van der Waals surface area contributed by atoms with Crippen molar-refractivity contribution >= 4 is 17.8 Å². The van der Waals surface area contributed by atoms with Crippen molar-refractivity contribution in [3.63, 3.8) is 0 Å². The number of nitrogens with one attached hydrogen (secondary N) is 1. The van der Waals surface area contributed by atoms with Gasteiger partial charge >= 0.3 is 6.03 Å². The monoisotopic (exact) mass is 465 g/mol. The summed E-state index contributed by atoms with van der Waals surface area (Å²) in [6, 6.07) is 17.8. The van der Waals surface area contributed by atoms with Gasteiger partial charge in [-0.1, -0.05) is 60.7 Å². The number of hydrogen-bond donors (Lipinski definition) is 1. The van der Waals surface area contributed by atoms with Gasteiger partial charge in [0.2, 0.25) is 11.8 Å². The molecule has 2 heterocycles. The molecule has 4 rings (SSSR count). The number of methoxy groups -OCH3 is 1. The van der Waals surface area contributed by atoms with E-state index in [1.807, 2.05) is 60.7 Å². The van der Waals surface area contributed by atoms with Crippen LogP contribution in [0.3, 0.4) is 0 Å². The molecule has 0 aliphatic carbocycles. The average molecular weight is 466 g/mol. The van der Waals surface area contributed by atoms with E-state index >= 15 is 0 Å². The van der Waals surface area contributed by atoms with E-state index < -0.39 is 12.2 Å². The highest BCUT2D eigenvalue weighted by Gasteiger charge is 2.51. The van der Waals surface area contributed by atoms with E-state index in [1.165, 1.54) is 0 Å². The summed E-state index contributed by atoms with van der Waals surface area (Å²) < 4.78 is 5.17. The molecule has 0 radical (unpaired) electrons. The number of carbonyl (C=O) groups is 3. The van der Waals surface area contributed by atoms with Gasteiger partial charge in [-0.2, -0.15) is 0 Å². The number of likely N-dealkylation sites (N-methyl/N-ethyl adjacent to an activating group) is 1. The van der Waals surface area contributed by atoms with Gasteiger partial charge in [0, 0.05) is 33.9 Å². The van der Waals surface area contributed by atoms with Crippen molar-refractivity contribution in [1.29, 1.82) is 0 Å². The third-order valence-corrected chi connectivity index (χ3v) is 6.22. The summed E-state index contributed by atoms with van der Waals surface area (Å²) in [4.78, 5) is 43.4. The first-order valence-corrected chi connectivity index (χ1v) is 11.5. The second-order valence-electron chi connectivity index (χ2n) is 8.53. The van der Waals surface area contributed by atoms with E-state index in [4.69, 9.17) is 4.74 Å². The predicted octanol–water partition coefficient (Wildman–Crippen LogP) is 1.83. The average Bonchev–Trinajstić information content (AvgIpc) is 2.85. The van der Waals surface area contributed by atoms with Crippen LogP contribution in [-0.2, 0) is 20.9 Å². The zero-order valence-electron chi connectivity index (χ0n) is 19.6. The topological polar surface area (TPSA) is 85.4 Å². The van der Waals surface area contributed by atoms with E-state index in [2.05, 4.69) is 5.32 Å². The zero-order valence-corrected chi connectivity index (χ0v) is 19.6. The fraction of sp³-hybridized carbons (Fsp3) is 0.400. The Morgan fingerprint density at radius 3 is 2.41 bits per heavy atom. The Kier molecular flexibility index (Phi) is 7.44. The lowest BCUT2D eigenvalue weighted by atomic mass is 9.98. The summed E-state index contributed by atoms with van der Waals surface area (Å²) in [5, 5.41) is 6.16. The highest BCUT2D eigenvalue weighted by molar-refractivity contribution is 5.92. The number of carbonyl (C=O) groups excluding carboxylic acids is 3. The Bertz CT molecular complexity index is 1000. The zero-order chi connectivity index (χ0) is 24.1. The van der Waals surface area contributed by atoms with Crippen LogP contribution in [0.1, 0.15) is 23.6 Å². The number of urea groups is 1. The largest absolute Gasteiger partial charge is 0.385 e. The minimum absolute atomic E-state index is 0.00947. The fourth-order valence-electron chi connectivity index (χ4n) is 4.61. The molecule has 2 atom stereocenters. The molecule has 0 saturated carbocycles. The van der Waals surface area contributed by atoms with Crippen molar-refractivity contribution in [2.75, 3.05) is 40.4 Å². The minimum Gasteiger partial charge on any atom is -0.385 e. The molecular formula is C25H31N5O4. The smallest absolute Gasteiger partial charge is 0.334 e. The molecule has 4 amide bonds. The van der Waals surface area contributed by atoms with Crippen LogP contribution in [-0.4, -0.2) is 84.2 Å². The number of piperazine rings is 1. The van der Waals surface area contributed by atoms with Gasteiger partial charge in [-0.3, -0.25) is 9.59 Å². The summed E-state index contributed by atoms with van der Waals surface area (Å²) in [6.07, 6.45) is 0.0490. The van der Waals surface area contributed by atoms with Crippen LogP contribution in [0.15, 0.2) is 60.7 Å². The van der Waals surface area contributed by atoms with Crippen molar-refractivity contribution in [2.24, 2.45) is 0 Å². The highest BCUT2D eigenvalue weighted by Crippen LogP contribution is 2.34. The maximum absolute atomic E-state index is 13.5. The molecule has 2 aliphatic rings. The molecule has 2 fully saturated rings. The predicted molar refractivity (Wildman–Crippen MR) is 126 cm³/mol. The molecule has 1 N–H and O–H groups in total. The number of ether oxygens (including phenoxy) is 1. The molecule has 1 unspecified atom stereocenters. The van der Waals surface area contributed by atoms with Crippen molar-refractivity contribution in [3.8, 4) is 0 Å². The standard InChI is InChI=1S/C25H31N5O4/c1-27-18-22(31)29-21(30(27)25(33)26-16-19-10-5-3-6-11-19)17-28(14-9-15-34-2)24(32)23(29)20-12-7-4-8-13-20/h3-8,10-13,21,23H,9,14-18H2,1-2H3,(H,26,33)/t21?,23-/m0/s1. The summed E-state index contributed by atoms with van der Waals surface area (Å²) in [5.74, 6) is -0.320. The van der Waals surface area contributed by atoms with Crippen molar-refractivity contribution < 1.29 is 19.1 Å². The molecule has 2 aromatic rings. The van der Waals surface area contributed by atoms with E-state index in [1.54, 1.807) is 34.0 Å². The van der Waals surface area contributed by atoms with Crippen LogP contribution in [0.5, 0.6) is 0 Å². The van der Waals surface area contributed by atoms with Gasteiger partial charge in [-0.25, -0.2) is 14.8 Å². The van der Waals surface area contributed by atoms with E-state index in [-0.39, 0.29) is 30.9 Å². The highest BCUT2D eigenvalue weighted by atomic mass is 16.5. The van der Waals surface area contributed by atoms with Crippen LogP contribution in [0.2, 0.25) is 0 Å². The summed E-state index contributed by atoms with van der Waals surface area (Å²) >= 11 is 0. The molecule has 9 nitrogen and oxygen atoms in total. The summed E-state index contributed by atoms with van der Waals surface area (Å²) in [5.41, 5.74) is 1.71. The Morgan fingerprint density at radius 1 is 1.06 bits per heavy atom. The van der Waals surface area contributed by atoms with Crippen LogP contribution in [0, 0.1) is 0 Å². The lowest BCUT2D eigenvalue weighted by Gasteiger charge is -2.54. The van der Waals surface area contributed by atoms with E-state index in [0.717, 1.165) is 11.1 Å². The van der Waals surface area contributed by atoms with Gasteiger partial charge < -0.3 is 19.9 Å². The molecule has 0 aromatic heterocycles.